The Labute approximate surface area is 154 Å². The molecule has 0 radical (unpaired) electrons. The van der Waals surface area contributed by atoms with Gasteiger partial charge in [-0.2, -0.15) is 5.10 Å². The van der Waals surface area contributed by atoms with Gasteiger partial charge in [-0.3, -0.25) is 14.9 Å². The van der Waals surface area contributed by atoms with Gasteiger partial charge in [-0.25, -0.2) is 5.43 Å². The maximum Gasteiger partial charge on any atom is 0.433 e. The van der Waals surface area contributed by atoms with Crippen molar-refractivity contribution in [3.63, 3.8) is 0 Å². The van der Waals surface area contributed by atoms with Gasteiger partial charge in [0.15, 0.2) is 5.76 Å². The van der Waals surface area contributed by atoms with Crippen molar-refractivity contribution in [2.45, 2.75) is 6.61 Å². The minimum Gasteiger partial charge on any atom is -0.489 e. The Morgan fingerprint density at radius 3 is 2.52 bits per heavy atom. The summed E-state index contributed by atoms with van der Waals surface area (Å²) in [6, 6.07) is 18.9. The number of ether oxygens (including phenoxy) is 1. The lowest BCUT2D eigenvalue weighted by Crippen LogP contribution is -2.17. The van der Waals surface area contributed by atoms with Crippen LogP contribution in [-0.4, -0.2) is 17.0 Å². The number of nitrogens with zero attached hydrogens (tertiary/aromatic N) is 2. The van der Waals surface area contributed by atoms with E-state index in [1.54, 1.807) is 24.3 Å². The fraction of sp³-hybridized carbons (Fsp3) is 0.0526. The lowest BCUT2D eigenvalue weighted by Gasteiger charge is -2.06. The van der Waals surface area contributed by atoms with Crippen molar-refractivity contribution >= 4 is 18.0 Å². The maximum absolute atomic E-state index is 12.0. The normalized spacial score (nSPS) is 10.7. The van der Waals surface area contributed by atoms with E-state index in [1.165, 1.54) is 18.3 Å². The van der Waals surface area contributed by atoms with Gasteiger partial charge in [0, 0.05) is 5.56 Å². The number of hydrazone groups is 1. The van der Waals surface area contributed by atoms with Gasteiger partial charge >= 0.3 is 5.88 Å². The van der Waals surface area contributed by atoms with Crippen LogP contribution in [0.5, 0.6) is 5.75 Å². The quantitative estimate of drug-likeness (QED) is 0.391. The summed E-state index contributed by atoms with van der Waals surface area (Å²) in [4.78, 5) is 21.9. The Morgan fingerprint density at radius 1 is 1.11 bits per heavy atom. The van der Waals surface area contributed by atoms with Crippen molar-refractivity contribution in [2.75, 3.05) is 0 Å². The Kier molecular flexibility index (Phi) is 5.58. The molecule has 27 heavy (non-hydrogen) atoms. The molecule has 2 aromatic carbocycles. The number of carbonyl (C=O) groups is 1. The Morgan fingerprint density at radius 2 is 1.85 bits per heavy atom. The highest BCUT2D eigenvalue weighted by molar-refractivity contribution is 5.94. The van der Waals surface area contributed by atoms with Crippen LogP contribution in [0.4, 0.5) is 5.88 Å². The van der Waals surface area contributed by atoms with Gasteiger partial charge in [-0.05, 0) is 35.9 Å². The summed E-state index contributed by atoms with van der Waals surface area (Å²) < 4.78 is 10.5. The smallest absolute Gasteiger partial charge is 0.433 e. The molecule has 1 amide bonds. The molecule has 0 spiro atoms. The van der Waals surface area contributed by atoms with E-state index < -0.39 is 16.7 Å². The van der Waals surface area contributed by atoms with Crippen molar-refractivity contribution in [1.29, 1.82) is 0 Å². The zero-order valence-corrected chi connectivity index (χ0v) is 14.1. The molecule has 1 N–H and O–H groups in total. The van der Waals surface area contributed by atoms with Crippen molar-refractivity contribution < 1.29 is 18.9 Å². The average molecular weight is 365 g/mol. The second kappa shape index (κ2) is 8.43. The zero-order valence-electron chi connectivity index (χ0n) is 14.1. The van der Waals surface area contributed by atoms with Crippen molar-refractivity contribution in [1.82, 2.24) is 5.43 Å². The molecular formula is C19H15N3O5. The fourth-order valence-electron chi connectivity index (χ4n) is 2.16. The molecule has 0 atom stereocenters. The van der Waals surface area contributed by atoms with E-state index in [4.69, 9.17) is 9.15 Å². The largest absolute Gasteiger partial charge is 0.489 e. The van der Waals surface area contributed by atoms with Crippen LogP contribution in [0.25, 0.3) is 0 Å². The van der Waals surface area contributed by atoms with Crippen LogP contribution in [0.15, 0.2) is 76.2 Å². The van der Waals surface area contributed by atoms with E-state index in [-0.39, 0.29) is 5.76 Å². The van der Waals surface area contributed by atoms with Crippen LogP contribution in [-0.2, 0) is 6.61 Å². The van der Waals surface area contributed by atoms with Gasteiger partial charge in [-0.15, -0.1) is 0 Å². The molecule has 3 rings (SSSR count). The minimum absolute atomic E-state index is 0.162. The Balaban J connectivity index is 1.52. The molecule has 0 aliphatic heterocycles. The second-order valence-electron chi connectivity index (χ2n) is 5.43. The van der Waals surface area contributed by atoms with E-state index in [2.05, 4.69) is 10.5 Å². The lowest BCUT2D eigenvalue weighted by molar-refractivity contribution is -0.402. The number of nitro groups is 1. The van der Waals surface area contributed by atoms with E-state index >= 15 is 0 Å². The Hall–Kier alpha value is -3.94. The average Bonchev–Trinajstić information content (AvgIpc) is 3.17. The fourth-order valence-corrected chi connectivity index (χ4v) is 2.16. The third kappa shape index (κ3) is 5.02. The summed E-state index contributed by atoms with van der Waals surface area (Å²) in [5.41, 5.74) is 3.67. The first kappa shape index (κ1) is 17.9. The number of nitrogens with one attached hydrogen (secondary N) is 1. The van der Waals surface area contributed by atoms with Crippen LogP contribution < -0.4 is 10.2 Å². The number of carbonyl (C=O) groups excluding carboxylic acids is 1. The molecule has 0 unspecified atom stereocenters. The highest BCUT2D eigenvalue weighted by atomic mass is 16.6. The molecule has 0 saturated heterocycles. The molecule has 0 fully saturated rings. The van der Waals surface area contributed by atoms with Crippen LogP contribution in [0.3, 0.4) is 0 Å². The molecule has 0 saturated carbocycles. The summed E-state index contributed by atoms with van der Waals surface area (Å²) in [7, 11) is 0. The predicted octanol–water partition coefficient (Wildman–Crippen LogP) is 3.53. The third-order valence-electron chi connectivity index (χ3n) is 3.52. The summed E-state index contributed by atoms with van der Waals surface area (Å²) in [6.45, 7) is 0.390. The number of hydrogen-bond donors (Lipinski definition) is 1. The van der Waals surface area contributed by atoms with Gasteiger partial charge in [0.05, 0.1) is 12.3 Å². The molecular weight excluding hydrogens is 350 g/mol. The van der Waals surface area contributed by atoms with Crippen LogP contribution in [0.2, 0.25) is 0 Å². The number of benzene rings is 2. The minimum atomic E-state index is -0.654. The number of hydrogen-bond acceptors (Lipinski definition) is 6. The third-order valence-corrected chi connectivity index (χ3v) is 3.52. The van der Waals surface area contributed by atoms with Gasteiger partial charge < -0.3 is 9.15 Å². The summed E-state index contributed by atoms with van der Waals surface area (Å²) in [5.74, 6) is 0.126. The number of amides is 1. The predicted molar refractivity (Wildman–Crippen MR) is 97.6 cm³/mol. The monoisotopic (exact) mass is 365 g/mol. The van der Waals surface area contributed by atoms with E-state index in [9.17, 15) is 14.9 Å². The summed E-state index contributed by atoms with van der Waals surface area (Å²) in [5, 5.41) is 14.2. The number of para-hydroxylation sites is 1. The first-order valence-corrected chi connectivity index (χ1v) is 7.96. The molecule has 1 aromatic heterocycles. The number of rotatable bonds is 7. The van der Waals surface area contributed by atoms with E-state index in [0.717, 1.165) is 11.3 Å². The van der Waals surface area contributed by atoms with E-state index in [1.807, 2.05) is 30.3 Å². The highest BCUT2D eigenvalue weighted by Crippen LogP contribution is 2.14. The molecule has 0 aliphatic rings. The summed E-state index contributed by atoms with van der Waals surface area (Å²) in [6.07, 6.45) is 1.19. The Bertz CT molecular complexity index is 949. The van der Waals surface area contributed by atoms with Crippen LogP contribution >= 0.6 is 0 Å². The first-order valence-electron chi connectivity index (χ1n) is 7.96. The van der Waals surface area contributed by atoms with Crippen molar-refractivity contribution in [3.05, 3.63) is 93.7 Å². The topological polar surface area (TPSA) is 107 Å². The molecule has 1 heterocycles. The molecule has 8 heteroatoms. The van der Waals surface area contributed by atoms with Crippen molar-refractivity contribution in [2.24, 2.45) is 5.10 Å². The second-order valence-corrected chi connectivity index (χ2v) is 5.43. The van der Waals surface area contributed by atoms with Crippen LogP contribution in [0, 0.1) is 10.1 Å². The van der Waals surface area contributed by atoms with Gasteiger partial charge in [0.1, 0.15) is 17.3 Å². The molecule has 0 aliphatic carbocycles. The van der Waals surface area contributed by atoms with E-state index in [0.29, 0.717) is 12.2 Å². The highest BCUT2D eigenvalue weighted by Gasteiger charge is 2.10. The lowest BCUT2D eigenvalue weighted by atomic mass is 10.1. The van der Waals surface area contributed by atoms with Crippen molar-refractivity contribution in [3.8, 4) is 5.75 Å². The standard InChI is InChI=1S/C19H15N3O5/c23-19(21-20-12-17-10-11-18(27-17)22(24)25)15-8-6-14(7-9-15)13-26-16-4-2-1-3-5-16/h1-12H,13H2,(H,21,23)/b20-12-. The first-order chi connectivity index (χ1) is 13.1. The SMILES string of the molecule is O=C(N/N=C\c1ccc([N+](=O)[O-])o1)c1ccc(COc2ccccc2)cc1. The molecule has 3 aromatic rings. The summed E-state index contributed by atoms with van der Waals surface area (Å²) >= 11 is 0. The molecule has 136 valence electrons. The zero-order chi connectivity index (χ0) is 19.1. The molecule has 8 nitrogen and oxygen atoms in total. The van der Waals surface area contributed by atoms with Gasteiger partial charge in [0.25, 0.3) is 5.91 Å². The molecule has 0 bridgehead atoms. The van der Waals surface area contributed by atoms with Gasteiger partial charge in [0.2, 0.25) is 0 Å². The maximum atomic E-state index is 12.0. The van der Waals surface area contributed by atoms with Crippen LogP contribution in [0.1, 0.15) is 21.7 Å². The van der Waals surface area contributed by atoms with Gasteiger partial charge in [-0.1, -0.05) is 30.3 Å². The number of furan rings is 1.